The average Bonchev–Trinajstić information content (AvgIpc) is 2.65. The Balaban J connectivity index is 1.88. The molecule has 0 spiro atoms. The van der Waals surface area contributed by atoms with Crippen LogP contribution in [-0.2, 0) is 4.74 Å². The van der Waals surface area contributed by atoms with Crippen LogP contribution in [0.15, 0.2) is 18.5 Å². The molecule has 14 heavy (non-hydrogen) atoms. The summed E-state index contributed by atoms with van der Waals surface area (Å²) in [6, 6.07) is 1.75. The average molecular weight is 195 g/mol. The van der Waals surface area contributed by atoms with Crippen LogP contribution in [0.2, 0.25) is 0 Å². The standard InChI is InChI=1S/C9H13N3O2/c13-9(2-5-14-7-9)6-12-8-10-3-1-4-11-8/h1,3-4,13H,2,5-7H2,(H,10,11,12). The van der Waals surface area contributed by atoms with Crippen molar-refractivity contribution in [2.75, 3.05) is 25.1 Å². The molecule has 5 nitrogen and oxygen atoms in total. The van der Waals surface area contributed by atoms with E-state index >= 15 is 0 Å². The van der Waals surface area contributed by atoms with Gasteiger partial charge in [0.25, 0.3) is 0 Å². The van der Waals surface area contributed by atoms with Gasteiger partial charge in [-0.1, -0.05) is 0 Å². The van der Waals surface area contributed by atoms with Crippen LogP contribution in [0.5, 0.6) is 0 Å². The molecule has 2 rings (SSSR count). The van der Waals surface area contributed by atoms with Crippen molar-refractivity contribution in [3.05, 3.63) is 18.5 Å². The van der Waals surface area contributed by atoms with Crippen LogP contribution < -0.4 is 5.32 Å². The van der Waals surface area contributed by atoms with Crippen LogP contribution in [0.3, 0.4) is 0 Å². The fourth-order valence-corrected chi connectivity index (χ4v) is 1.37. The second-order valence-electron chi connectivity index (χ2n) is 3.45. The summed E-state index contributed by atoms with van der Waals surface area (Å²) in [6.07, 6.45) is 3.97. The van der Waals surface area contributed by atoms with Gasteiger partial charge in [0.2, 0.25) is 5.95 Å². The molecule has 1 aliphatic rings. The minimum Gasteiger partial charge on any atom is -0.386 e. The Bertz CT molecular complexity index is 285. The van der Waals surface area contributed by atoms with Gasteiger partial charge in [-0.05, 0) is 6.07 Å². The van der Waals surface area contributed by atoms with E-state index in [1.165, 1.54) is 0 Å². The normalized spacial score (nSPS) is 26.4. The van der Waals surface area contributed by atoms with Crippen molar-refractivity contribution in [1.82, 2.24) is 9.97 Å². The summed E-state index contributed by atoms with van der Waals surface area (Å²) in [7, 11) is 0. The first-order valence-electron chi connectivity index (χ1n) is 4.60. The summed E-state index contributed by atoms with van der Waals surface area (Å²) < 4.78 is 5.12. The van der Waals surface area contributed by atoms with Crippen LogP contribution in [0, 0.1) is 0 Å². The van der Waals surface area contributed by atoms with Crippen LogP contribution in [0.25, 0.3) is 0 Å². The molecule has 0 radical (unpaired) electrons. The minimum atomic E-state index is -0.765. The lowest BCUT2D eigenvalue weighted by Crippen LogP contribution is -2.37. The van der Waals surface area contributed by atoms with Crippen molar-refractivity contribution in [3.63, 3.8) is 0 Å². The predicted molar refractivity (Wildman–Crippen MR) is 50.9 cm³/mol. The molecule has 2 N–H and O–H groups in total. The van der Waals surface area contributed by atoms with Crippen molar-refractivity contribution in [1.29, 1.82) is 0 Å². The number of aliphatic hydroxyl groups is 1. The molecule has 1 aromatic rings. The third-order valence-corrected chi connectivity index (χ3v) is 2.22. The first-order valence-corrected chi connectivity index (χ1v) is 4.60. The van der Waals surface area contributed by atoms with E-state index in [4.69, 9.17) is 4.74 Å². The smallest absolute Gasteiger partial charge is 0.222 e. The maximum Gasteiger partial charge on any atom is 0.222 e. The molecule has 1 fully saturated rings. The number of nitrogens with zero attached hydrogens (tertiary/aromatic N) is 2. The Morgan fingerprint density at radius 3 is 2.93 bits per heavy atom. The first kappa shape index (κ1) is 9.36. The van der Waals surface area contributed by atoms with E-state index in [9.17, 15) is 5.11 Å². The van der Waals surface area contributed by atoms with E-state index in [0.717, 1.165) is 0 Å². The summed E-state index contributed by atoms with van der Waals surface area (Å²) in [5, 5.41) is 12.9. The van der Waals surface area contributed by atoms with Crippen molar-refractivity contribution in [3.8, 4) is 0 Å². The number of rotatable bonds is 3. The summed E-state index contributed by atoms with van der Waals surface area (Å²) in [4.78, 5) is 7.99. The molecule has 0 bridgehead atoms. The third-order valence-electron chi connectivity index (χ3n) is 2.22. The summed E-state index contributed by atoms with van der Waals surface area (Å²) in [5.74, 6) is 0.535. The van der Waals surface area contributed by atoms with Crippen molar-refractivity contribution in [2.24, 2.45) is 0 Å². The summed E-state index contributed by atoms with van der Waals surface area (Å²) in [6.45, 7) is 1.43. The number of hydrogen-bond donors (Lipinski definition) is 2. The second kappa shape index (κ2) is 3.89. The van der Waals surface area contributed by atoms with Crippen molar-refractivity contribution in [2.45, 2.75) is 12.0 Å². The molecule has 1 atom stereocenters. The molecular weight excluding hydrogens is 182 g/mol. The van der Waals surface area contributed by atoms with Gasteiger partial charge in [0.05, 0.1) is 6.61 Å². The van der Waals surface area contributed by atoms with Crippen LogP contribution in [0.1, 0.15) is 6.42 Å². The Morgan fingerprint density at radius 1 is 1.50 bits per heavy atom. The lowest BCUT2D eigenvalue weighted by Gasteiger charge is -2.20. The maximum absolute atomic E-state index is 9.91. The van der Waals surface area contributed by atoms with Crippen LogP contribution in [0.4, 0.5) is 5.95 Å². The van der Waals surface area contributed by atoms with Gasteiger partial charge in [0, 0.05) is 32.0 Å². The molecule has 1 aliphatic heterocycles. The number of nitrogens with one attached hydrogen (secondary N) is 1. The second-order valence-corrected chi connectivity index (χ2v) is 3.45. The maximum atomic E-state index is 9.91. The van der Waals surface area contributed by atoms with Gasteiger partial charge in [-0.25, -0.2) is 9.97 Å². The van der Waals surface area contributed by atoms with Gasteiger partial charge >= 0.3 is 0 Å². The Hall–Kier alpha value is -1.20. The number of ether oxygens (including phenoxy) is 1. The molecule has 0 saturated carbocycles. The predicted octanol–water partition coefficient (Wildman–Crippen LogP) is 0.0399. The van der Waals surface area contributed by atoms with Crippen LogP contribution >= 0.6 is 0 Å². The zero-order chi connectivity index (χ0) is 9.86. The lowest BCUT2D eigenvalue weighted by molar-refractivity contribution is 0.0380. The number of aromatic nitrogens is 2. The molecule has 0 aliphatic carbocycles. The first-order chi connectivity index (χ1) is 6.79. The SMILES string of the molecule is OC1(CNc2ncccn2)CCOC1. The fraction of sp³-hybridized carbons (Fsp3) is 0.556. The molecule has 1 unspecified atom stereocenters. The van der Waals surface area contributed by atoms with E-state index in [2.05, 4.69) is 15.3 Å². The van der Waals surface area contributed by atoms with E-state index in [1.54, 1.807) is 18.5 Å². The summed E-state index contributed by atoms with van der Waals surface area (Å²) in [5.41, 5.74) is -0.765. The van der Waals surface area contributed by atoms with E-state index in [-0.39, 0.29) is 0 Å². The molecule has 0 aromatic carbocycles. The number of hydrogen-bond acceptors (Lipinski definition) is 5. The van der Waals surface area contributed by atoms with Gasteiger partial charge in [-0.15, -0.1) is 0 Å². The highest BCUT2D eigenvalue weighted by Gasteiger charge is 2.31. The molecule has 76 valence electrons. The van der Waals surface area contributed by atoms with Gasteiger partial charge in [-0.2, -0.15) is 0 Å². The Kier molecular flexibility index (Phi) is 2.60. The zero-order valence-corrected chi connectivity index (χ0v) is 7.81. The van der Waals surface area contributed by atoms with E-state index in [1.807, 2.05) is 0 Å². The highest BCUT2D eigenvalue weighted by Crippen LogP contribution is 2.18. The van der Waals surface area contributed by atoms with E-state index < -0.39 is 5.60 Å². The molecule has 1 saturated heterocycles. The molecule has 5 heteroatoms. The van der Waals surface area contributed by atoms with Gasteiger partial charge < -0.3 is 15.2 Å². The fourth-order valence-electron chi connectivity index (χ4n) is 1.37. The van der Waals surface area contributed by atoms with Gasteiger partial charge in [0.15, 0.2) is 0 Å². The van der Waals surface area contributed by atoms with Crippen molar-refractivity contribution >= 4 is 5.95 Å². The molecule has 2 heterocycles. The number of anilines is 1. The topological polar surface area (TPSA) is 67.3 Å². The van der Waals surface area contributed by atoms with Crippen molar-refractivity contribution < 1.29 is 9.84 Å². The van der Waals surface area contributed by atoms with Gasteiger partial charge in [-0.3, -0.25) is 0 Å². The summed E-state index contributed by atoms with van der Waals surface area (Å²) >= 11 is 0. The molecule has 1 aromatic heterocycles. The Morgan fingerprint density at radius 2 is 2.29 bits per heavy atom. The monoisotopic (exact) mass is 195 g/mol. The minimum absolute atomic E-state index is 0.382. The molecule has 0 amide bonds. The zero-order valence-electron chi connectivity index (χ0n) is 7.81. The van der Waals surface area contributed by atoms with E-state index in [0.29, 0.717) is 32.1 Å². The van der Waals surface area contributed by atoms with Crippen LogP contribution in [-0.4, -0.2) is 40.4 Å². The Labute approximate surface area is 82.1 Å². The molecular formula is C9H13N3O2. The highest BCUT2D eigenvalue weighted by atomic mass is 16.5. The largest absolute Gasteiger partial charge is 0.386 e. The quantitative estimate of drug-likeness (QED) is 0.712. The lowest BCUT2D eigenvalue weighted by atomic mass is 10.0. The third kappa shape index (κ3) is 2.18. The van der Waals surface area contributed by atoms with Gasteiger partial charge in [0.1, 0.15) is 5.60 Å². The highest BCUT2D eigenvalue weighted by molar-refractivity contribution is 5.23.